The maximum atomic E-state index is 13.0. The second-order valence-electron chi connectivity index (χ2n) is 5.88. The summed E-state index contributed by atoms with van der Waals surface area (Å²) in [6.45, 7) is 3.56. The second-order valence-corrected chi connectivity index (χ2v) is 7.82. The Morgan fingerprint density at radius 3 is 1.96 bits per heavy atom. The van der Waals surface area contributed by atoms with E-state index in [2.05, 4.69) is 9.97 Å². The topological polar surface area (TPSA) is 103 Å². The van der Waals surface area contributed by atoms with Crippen LogP contribution in [0.4, 0.5) is 5.69 Å². The average Bonchev–Trinajstić information content (AvgIpc) is 2.56. The average molecular weight is 359 g/mol. The van der Waals surface area contributed by atoms with Crippen molar-refractivity contribution in [1.82, 2.24) is 9.97 Å². The van der Waals surface area contributed by atoms with Crippen molar-refractivity contribution in [3.63, 3.8) is 0 Å². The summed E-state index contributed by atoms with van der Waals surface area (Å²) in [7, 11) is -2.36. The van der Waals surface area contributed by atoms with E-state index in [1.807, 2.05) is 19.1 Å². The van der Waals surface area contributed by atoms with Gasteiger partial charge >= 0.3 is 11.1 Å². The van der Waals surface area contributed by atoms with Crippen molar-refractivity contribution in [2.75, 3.05) is 11.4 Å². The number of sulfonamides is 1. The summed E-state index contributed by atoms with van der Waals surface area (Å²) < 4.78 is 27.2. The van der Waals surface area contributed by atoms with Crippen LogP contribution in [0, 0.1) is 13.8 Å². The smallest absolute Gasteiger partial charge is 0.314 e. The SMILES string of the molecule is Cc1ccc(N(C)S(=O)(=O)c2cc3[nH]c(=O)c(=O)[nH]c3cc2C)cc1. The molecule has 3 aromatic rings. The van der Waals surface area contributed by atoms with Crippen LogP contribution < -0.4 is 15.4 Å². The van der Waals surface area contributed by atoms with Crippen LogP contribution in [-0.2, 0) is 10.0 Å². The number of hydrogen-bond acceptors (Lipinski definition) is 4. The predicted octanol–water partition coefficient (Wildman–Crippen LogP) is 1.66. The number of hydrogen-bond donors (Lipinski definition) is 2. The van der Waals surface area contributed by atoms with Crippen LogP contribution in [-0.4, -0.2) is 25.4 Å². The van der Waals surface area contributed by atoms with Crippen LogP contribution in [0.2, 0.25) is 0 Å². The molecule has 1 heterocycles. The second kappa shape index (κ2) is 5.89. The third-order valence-electron chi connectivity index (χ3n) is 4.05. The zero-order chi connectivity index (χ0) is 18.4. The summed E-state index contributed by atoms with van der Waals surface area (Å²) in [6.07, 6.45) is 0. The first kappa shape index (κ1) is 17.0. The van der Waals surface area contributed by atoms with Gasteiger partial charge in [0.05, 0.1) is 21.6 Å². The molecule has 0 fully saturated rings. The molecular weight excluding hydrogens is 342 g/mol. The van der Waals surface area contributed by atoms with E-state index in [0.29, 0.717) is 16.8 Å². The Labute approximate surface area is 144 Å². The summed E-state index contributed by atoms with van der Waals surface area (Å²) in [5.41, 5.74) is 1.04. The number of aryl methyl sites for hydroxylation is 2. The number of rotatable bonds is 3. The van der Waals surface area contributed by atoms with E-state index < -0.39 is 21.1 Å². The van der Waals surface area contributed by atoms with Crippen molar-refractivity contribution >= 4 is 26.7 Å². The molecule has 2 aromatic carbocycles. The van der Waals surface area contributed by atoms with Gasteiger partial charge in [0.2, 0.25) is 0 Å². The molecule has 0 spiro atoms. The molecule has 1 aromatic heterocycles. The lowest BCUT2D eigenvalue weighted by Crippen LogP contribution is -2.30. The Morgan fingerprint density at radius 1 is 0.880 bits per heavy atom. The number of aromatic nitrogens is 2. The van der Waals surface area contributed by atoms with E-state index >= 15 is 0 Å². The zero-order valence-electron chi connectivity index (χ0n) is 14.0. The van der Waals surface area contributed by atoms with Crippen LogP contribution >= 0.6 is 0 Å². The fourth-order valence-corrected chi connectivity index (χ4v) is 4.00. The maximum Gasteiger partial charge on any atom is 0.314 e. The molecule has 0 aliphatic rings. The monoisotopic (exact) mass is 359 g/mol. The Balaban J connectivity index is 2.18. The molecule has 0 amide bonds. The van der Waals surface area contributed by atoms with Gasteiger partial charge in [0.25, 0.3) is 10.0 Å². The van der Waals surface area contributed by atoms with Crippen LogP contribution in [0.15, 0.2) is 50.9 Å². The highest BCUT2D eigenvalue weighted by Gasteiger charge is 2.24. The largest absolute Gasteiger partial charge is 0.316 e. The molecule has 0 aliphatic heterocycles. The molecule has 3 rings (SSSR count). The molecule has 0 saturated heterocycles. The lowest BCUT2D eigenvalue weighted by atomic mass is 10.2. The lowest BCUT2D eigenvalue weighted by molar-refractivity contribution is 0.594. The first-order valence-electron chi connectivity index (χ1n) is 7.53. The molecule has 0 unspecified atom stereocenters. The van der Waals surface area contributed by atoms with Gasteiger partial charge in [0.1, 0.15) is 0 Å². The van der Waals surface area contributed by atoms with E-state index in [9.17, 15) is 18.0 Å². The first-order valence-corrected chi connectivity index (χ1v) is 8.97. The van der Waals surface area contributed by atoms with Crippen LogP contribution in [0.3, 0.4) is 0 Å². The summed E-state index contributed by atoms with van der Waals surface area (Å²) in [4.78, 5) is 27.8. The molecule has 25 heavy (non-hydrogen) atoms. The Hall–Kier alpha value is -2.87. The molecule has 8 heteroatoms. The van der Waals surface area contributed by atoms with Crippen molar-refractivity contribution in [2.24, 2.45) is 0 Å². The normalized spacial score (nSPS) is 11.6. The van der Waals surface area contributed by atoms with Crippen molar-refractivity contribution in [3.8, 4) is 0 Å². The Kier molecular flexibility index (Phi) is 4.00. The zero-order valence-corrected chi connectivity index (χ0v) is 14.8. The fraction of sp³-hybridized carbons (Fsp3) is 0.176. The van der Waals surface area contributed by atoms with Crippen LogP contribution in [0.1, 0.15) is 11.1 Å². The highest BCUT2D eigenvalue weighted by atomic mass is 32.2. The van der Waals surface area contributed by atoms with Gasteiger partial charge in [0.15, 0.2) is 0 Å². The van der Waals surface area contributed by atoms with Gasteiger partial charge < -0.3 is 9.97 Å². The van der Waals surface area contributed by atoms with E-state index in [0.717, 1.165) is 5.56 Å². The van der Waals surface area contributed by atoms with Crippen molar-refractivity contribution in [2.45, 2.75) is 18.7 Å². The van der Waals surface area contributed by atoms with Crippen LogP contribution in [0.25, 0.3) is 11.0 Å². The molecular formula is C17H17N3O4S. The number of fused-ring (bicyclic) bond motifs is 1. The van der Waals surface area contributed by atoms with Gasteiger partial charge in [-0.3, -0.25) is 13.9 Å². The molecule has 130 valence electrons. The van der Waals surface area contributed by atoms with Gasteiger partial charge in [-0.15, -0.1) is 0 Å². The molecule has 0 saturated carbocycles. The molecule has 0 radical (unpaired) electrons. The standard InChI is InChI=1S/C17H17N3O4S/c1-10-4-6-12(7-5-10)20(3)25(23,24)15-9-14-13(8-11(15)2)18-16(21)17(22)19-14/h4-9H,1-3H3,(H,18,21)(H,19,22). The van der Waals surface area contributed by atoms with Gasteiger partial charge in [-0.05, 0) is 43.7 Å². The van der Waals surface area contributed by atoms with E-state index in [1.54, 1.807) is 19.1 Å². The number of benzene rings is 2. The molecule has 2 N–H and O–H groups in total. The fourth-order valence-electron chi connectivity index (χ4n) is 2.57. The van der Waals surface area contributed by atoms with Gasteiger partial charge in [-0.1, -0.05) is 17.7 Å². The number of nitrogens with one attached hydrogen (secondary N) is 2. The first-order chi connectivity index (χ1) is 11.7. The summed E-state index contributed by atoms with van der Waals surface area (Å²) >= 11 is 0. The predicted molar refractivity (Wildman–Crippen MR) is 96.7 cm³/mol. The number of aromatic amines is 2. The van der Waals surface area contributed by atoms with Gasteiger partial charge in [0, 0.05) is 7.05 Å². The van der Waals surface area contributed by atoms with Crippen molar-refractivity contribution in [3.05, 3.63) is 68.2 Å². The summed E-state index contributed by atoms with van der Waals surface area (Å²) in [6, 6.07) is 10.0. The number of anilines is 1. The van der Waals surface area contributed by atoms with Crippen molar-refractivity contribution in [1.29, 1.82) is 0 Å². The van der Waals surface area contributed by atoms with Crippen molar-refractivity contribution < 1.29 is 8.42 Å². The third-order valence-corrected chi connectivity index (χ3v) is 5.98. The highest BCUT2D eigenvalue weighted by Crippen LogP contribution is 2.26. The Morgan fingerprint density at radius 2 is 1.40 bits per heavy atom. The lowest BCUT2D eigenvalue weighted by Gasteiger charge is -2.21. The molecule has 7 nitrogen and oxygen atoms in total. The summed E-state index contributed by atoms with van der Waals surface area (Å²) in [5.74, 6) is 0. The third kappa shape index (κ3) is 2.96. The number of H-pyrrole nitrogens is 2. The van der Waals surface area contributed by atoms with Gasteiger partial charge in [-0.2, -0.15) is 0 Å². The van der Waals surface area contributed by atoms with E-state index in [4.69, 9.17) is 0 Å². The number of nitrogens with zero attached hydrogens (tertiary/aromatic N) is 1. The molecule has 0 bridgehead atoms. The minimum absolute atomic E-state index is 0.0609. The Bertz CT molecular complexity index is 1180. The van der Waals surface area contributed by atoms with Crippen LogP contribution in [0.5, 0.6) is 0 Å². The quantitative estimate of drug-likeness (QED) is 0.694. The maximum absolute atomic E-state index is 13.0. The molecule has 0 aliphatic carbocycles. The van der Waals surface area contributed by atoms with E-state index in [1.165, 1.54) is 23.5 Å². The summed E-state index contributed by atoms with van der Waals surface area (Å²) in [5, 5.41) is 0. The van der Waals surface area contributed by atoms with Gasteiger partial charge in [-0.25, -0.2) is 8.42 Å². The molecule has 0 atom stereocenters. The highest BCUT2D eigenvalue weighted by molar-refractivity contribution is 7.92. The minimum atomic E-state index is -3.83. The minimum Gasteiger partial charge on any atom is -0.316 e. The van der Waals surface area contributed by atoms with E-state index in [-0.39, 0.29) is 10.4 Å².